The average Bonchev–Trinajstić information content (AvgIpc) is 2.94. The van der Waals surface area contributed by atoms with Crippen molar-refractivity contribution in [2.45, 2.75) is 45.8 Å². The van der Waals surface area contributed by atoms with Gasteiger partial charge in [-0.15, -0.1) is 11.3 Å². The van der Waals surface area contributed by atoms with Crippen molar-refractivity contribution in [3.63, 3.8) is 0 Å². The van der Waals surface area contributed by atoms with Gasteiger partial charge in [-0.1, -0.05) is 37.6 Å². The first kappa shape index (κ1) is 16.3. The summed E-state index contributed by atoms with van der Waals surface area (Å²) >= 11 is 8.08. The van der Waals surface area contributed by atoms with E-state index < -0.39 is 0 Å². The maximum absolute atomic E-state index is 6.29. The van der Waals surface area contributed by atoms with Crippen LogP contribution in [0.5, 0.6) is 5.75 Å². The van der Waals surface area contributed by atoms with Crippen LogP contribution in [0.15, 0.2) is 30.3 Å². The first-order chi connectivity index (χ1) is 10.1. The first-order valence-corrected chi connectivity index (χ1v) is 8.56. The van der Waals surface area contributed by atoms with Crippen molar-refractivity contribution in [1.29, 1.82) is 0 Å². The van der Waals surface area contributed by atoms with Crippen LogP contribution >= 0.6 is 22.9 Å². The highest BCUT2D eigenvalue weighted by atomic mass is 35.5. The number of benzene rings is 1. The van der Waals surface area contributed by atoms with Gasteiger partial charge in [-0.2, -0.15) is 0 Å². The molecule has 1 aromatic carbocycles. The number of hydrogen-bond donors (Lipinski definition) is 1. The summed E-state index contributed by atoms with van der Waals surface area (Å²) in [5.74, 6) is 0.773. The fourth-order valence-corrected chi connectivity index (χ4v) is 3.26. The lowest BCUT2D eigenvalue weighted by atomic mass is 10.0. The van der Waals surface area contributed by atoms with Crippen molar-refractivity contribution in [2.24, 2.45) is 5.73 Å². The number of aryl methyl sites for hydroxylation is 1. The van der Waals surface area contributed by atoms with Crippen LogP contribution in [0.2, 0.25) is 5.02 Å². The molecule has 0 aliphatic carbocycles. The van der Waals surface area contributed by atoms with Gasteiger partial charge in [-0.3, -0.25) is 0 Å². The fourth-order valence-electron chi connectivity index (χ4n) is 2.14. The summed E-state index contributed by atoms with van der Waals surface area (Å²) in [5, 5.41) is 0.656. The summed E-state index contributed by atoms with van der Waals surface area (Å²) < 4.78 is 5.98. The predicted molar refractivity (Wildman–Crippen MR) is 91.5 cm³/mol. The zero-order valence-electron chi connectivity index (χ0n) is 12.6. The quantitative estimate of drug-likeness (QED) is 0.792. The van der Waals surface area contributed by atoms with Gasteiger partial charge in [-0.25, -0.2) is 0 Å². The Labute approximate surface area is 135 Å². The van der Waals surface area contributed by atoms with E-state index in [1.807, 2.05) is 18.2 Å². The van der Waals surface area contributed by atoms with Gasteiger partial charge in [0.2, 0.25) is 0 Å². The minimum atomic E-state index is 0.138. The SMILES string of the molecule is CCc1ccc(COc2c(Cl)cccc2CC(N)CC)s1. The second kappa shape index (κ2) is 7.83. The van der Waals surface area contributed by atoms with E-state index in [0.717, 1.165) is 30.6 Å². The Hall–Kier alpha value is -1.03. The fraction of sp³-hybridized carbons (Fsp3) is 0.412. The van der Waals surface area contributed by atoms with E-state index in [4.69, 9.17) is 22.1 Å². The Kier molecular flexibility index (Phi) is 6.09. The average molecular weight is 324 g/mol. The molecule has 2 nitrogen and oxygen atoms in total. The molecule has 0 aliphatic rings. The van der Waals surface area contributed by atoms with Gasteiger partial charge in [0.05, 0.1) is 5.02 Å². The molecule has 2 aromatic rings. The first-order valence-electron chi connectivity index (χ1n) is 7.37. The highest BCUT2D eigenvalue weighted by molar-refractivity contribution is 7.11. The minimum Gasteiger partial charge on any atom is -0.486 e. The molecule has 114 valence electrons. The molecule has 0 amide bonds. The highest BCUT2D eigenvalue weighted by Gasteiger charge is 2.12. The Morgan fingerprint density at radius 2 is 1.95 bits per heavy atom. The Morgan fingerprint density at radius 3 is 2.62 bits per heavy atom. The van der Waals surface area contributed by atoms with Gasteiger partial charge >= 0.3 is 0 Å². The molecule has 1 atom stereocenters. The second-order valence-corrected chi connectivity index (χ2v) is 6.77. The molecule has 1 unspecified atom stereocenters. The number of hydrogen-bond acceptors (Lipinski definition) is 3. The second-order valence-electron chi connectivity index (χ2n) is 5.11. The van der Waals surface area contributed by atoms with E-state index in [1.165, 1.54) is 9.75 Å². The largest absolute Gasteiger partial charge is 0.486 e. The summed E-state index contributed by atoms with van der Waals surface area (Å²) in [7, 11) is 0. The monoisotopic (exact) mass is 323 g/mol. The molecule has 2 rings (SSSR count). The minimum absolute atomic E-state index is 0.138. The van der Waals surface area contributed by atoms with Crippen LogP contribution in [0.4, 0.5) is 0 Å². The third-order valence-corrected chi connectivity index (χ3v) is 4.98. The Bertz CT molecular complexity index is 582. The molecule has 0 spiro atoms. The predicted octanol–water partition coefficient (Wildman–Crippen LogP) is 4.82. The van der Waals surface area contributed by atoms with Gasteiger partial charge < -0.3 is 10.5 Å². The van der Waals surface area contributed by atoms with Crippen molar-refractivity contribution in [1.82, 2.24) is 0 Å². The number of ether oxygens (including phenoxy) is 1. The highest BCUT2D eigenvalue weighted by Crippen LogP contribution is 2.31. The molecule has 0 saturated carbocycles. The van der Waals surface area contributed by atoms with E-state index >= 15 is 0 Å². The van der Waals surface area contributed by atoms with Gasteiger partial charge in [0.1, 0.15) is 12.4 Å². The molecule has 4 heteroatoms. The van der Waals surface area contributed by atoms with E-state index in [0.29, 0.717) is 11.6 Å². The molecular weight excluding hydrogens is 302 g/mol. The lowest BCUT2D eigenvalue weighted by Gasteiger charge is -2.15. The summed E-state index contributed by atoms with van der Waals surface area (Å²) in [6.45, 7) is 4.81. The molecule has 21 heavy (non-hydrogen) atoms. The summed E-state index contributed by atoms with van der Waals surface area (Å²) in [4.78, 5) is 2.60. The van der Waals surface area contributed by atoms with Crippen LogP contribution < -0.4 is 10.5 Å². The van der Waals surface area contributed by atoms with Crippen LogP contribution in [-0.2, 0) is 19.4 Å². The molecular formula is C17H22ClNOS. The third-order valence-electron chi connectivity index (χ3n) is 3.48. The summed E-state index contributed by atoms with van der Waals surface area (Å²) in [6.07, 6.45) is 2.79. The van der Waals surface area contributed by atoms with Crippen molar-refractivity contribution >= 4 is 22.9 Å². The third kappa shape index (κ3) is 4.47. The molecule has 0 radical (unpaired) electrons. The lowest BCUT2D eigenvalue weighted by molar-refractivity contribution is 0.306. The van der Waals surface area contributed by atoms with Crippen LogP contribution in [0.1, 0.15) is 35.6 Å². The molecule has 0 aliphatic heterocycles. The van der Waals surface area contributed by atoms with Crippen molar-refractivity contribution in [3.8, 4) is 5.75 Å². The summed E-state index contributed by atoms with van der Waals surface area (Å²) in [5.41, 5.74) is 7.14. The number of rotatable bonds is 7. The molecule has 1 aromatic heterocycles. The topological polar surface area (TPSA) is 35.2 Å². The van der Waals surface area contributed by atoms with E-state index in [9.17, 15) is 0 Å². The number of thiophene rings is 1. The molecule has 2 N–H and O–H groups in total. The lowest BCUT2D eigenvalue weighted by Crippen LogP contribution is -2.21. The standard InChI is InChI=1S/C17H22ClNOS/c1-3-13(19)10-12-6-5-7-16(18)17(12)20-11-15-9-8-14(4-2)21-15/h5-9,13H,3-4,10-11,19H2,1-2H3. The maximum Gasteiger partial charge on any atom is 0.141 e. The van der Waals surface area contributed by atoms with Gasteiger partial charge in [-0.05, 0) is 43.0 Å². The van der Waals surface area contributed by atoms with Crippen LogP contribution in [0.3, 0.4) is 0 Å². The van der Waals surface area contributed by atoms with Gasteiger partial charge in [0, 0.05) is 15.8 Å². The Balaban J connectivity index is 2.10. The maximum atomic E-state index is 6.29. The zero-order chi connectivity index (χ0) is 15.2. The number of halogens is 1. The van der Waals surface area contributed by atoms with Crippen LogP contribution in [-0.4, -0.2) is 6.04 Å². The molecule has 0 saturated heterocycles. The van der Waals surface area contributed by atoms with Crippen molar-refractivity contribution in [3.05, 3.63) is 50.7 Å². The molecule has 1 heterocycles. The van der Waals surface area contributed by atoms with Crippen LogP contribution in [0.25, 0.3) is 0 Å². The summed E-state index contributed by atoms with van der Waals surface area (Å²) in [6, 6.07) is 10.3. The number of nitrogens with two attached hydrogens (primary N) is 1. The van der Waals surface area contributed by atoms with E-state index in [-0.39, 0.29) is 6.04 Å². The van der Waals surface area contributed by atoms with Crippen LogP contribution in [0, 0.1) is 0 Å². The van der Waals surface area contributed by atoms with Gasteiger partial charge in [0.15, 0.2) is 0 Å². The molecule has 0 fully saturated rings. The van der Waals surface area contributed by atoms with E-state index in [1.54, 1.807) is 11.3 Å². The Morgan fingerprint density at radius 1 is 1.19 bits per heavy atom. The zero-order valence-corrected chi connectivity index (χ0v) is 14.1. The normalized spacial score (nSPS) is 12.4. The van der Waals surface area contributed by atoms with Crippen molar-refractivity contribution < 1.29 is 4.74 Å². The van der Waals surface area contributed by atoms with E-state index in [2.05, 4.69) is 26.0 Å². The van der Waals surface area contributed by atoms with Crippen molar-refractivity contribution in [2.75, 3.05) is 0 Å². The van der Waals surface area contributed by atoms with Gasteiger partial charge in [0.25, 0.3) is 0 Å². The molecule has 0 bridgehead atoms. The smallest absolute Gasteiger partial charge is 0.141 e. The number of para-hydroxylation sites is 1.